The van der Waals surface area contributed by atoms with Crippen LogP contribution in [0.15, 0.2) is 24.3 Å². The van der Waals surface area contributed by atoms with E-state index in [-0.39, 0.29) is 29.9 Å². The topological polar surface area (TPSA) is 75.3 Å². The standard InChI is InChI=1S/C15H20N2O3/c1-10(2)15(20)16-8-7-14(19)17-13-6-4-5-12(9-13)11(3)18/h4-6,9-10H,7-8H2,1-3H3,(H,16,20)(H,17,19). The number of ketones is 1. The molecule has 0 bridgehead atoms. The Morgan fingerprint density at radius 3 is 2.50 bits per heavy atom. The van der Waals surface area contributed by atoms with E-state index < -0.39 is 0 Å². The van der Waals surface area contributed by atoms with E-state index in [0.29, 0.717) is 17.8 Å². The van der Waals surface area contributed by atoms with E-state index >= 15 is 0 Å². The zero-order valence-corrected chi connectivity index (χ0v) is 12.0. The number of carbonyl (C=O) groups is 3. The van der Waals surface area contributed by atoms with Gasteiger partial charge in [0.1, 0.15) is 0 Å². The van der Waals surface area contributed by atoms with Gasteiger partial charge in [-0.2, -0.15) is 0 Å². The number of carbonyl (C=O) groups excluding carboxylic acids is 3. The van der Waals surface area contributed by atoms with Gasteiger partial charge in [0.15, 0.2) is 5.78 Å². The van der Waals surface area contributed by atoms with Crippen molar-refractivity contribution in [1.82, 2.24) is 5.32 Å². The van der Waals surface area contributed by atoms with Crippen LogP contribution in [0, 0.1) is 5.92 Å². The van der Waals surface area contributed by atoms with Crippen molar-refractivity contribution < 1.29 is 14.4 Å². The number of hydrogen-bond donors (Lipinski definition) is 2. The maximum absolute atomic E-state index is 11.7. The second-order valence-corrected chi connectivity index (χ2v) is 4.88. The van der Waals surface area contributed by atoms with E-state index in [0.717, 1.165) is 0 Å². The van der Waals surface area contributed by atoms with E-state index in [1.807, 2.05) is 0 Å². The summed E-state index contributed by atoms with van der Waals surface area (Å²) in [7, 11) is 0. The predicted molar refractivity (Wildman–Crippen MR) is 77.5 cm³/mol. The Morgan fingerprint density at radius 2 is 1.90 bits per heavy atom. The summed E-state index contributed by atoms with van der Waals surface area (Å²) in [5, 5.41) is 5.37. The molecule has 0 atom stereocenters. The summed E-state index contributed by atoms with van der Waals surface area (Å²) in [6.45, 7) is 5.36. The van der Waals surface area contributed by atoms with Gasteiger partial charge in [-0.15, -0.1) is 0 Å². The highest BCUT2D eigenvalue weighted by molar-refractivity contribution is 5.97. The Labute approximate surface area is 118 Å². The van der Waals surface area contributed by atoms with Crippen LogP contribution in [-0.4, -0.2) is 24.1 Å². The summed E-state index contributed by atoms with van der Waals surface area (Å²) in [4.78, 5) is 34.3. The third-order valence-electron chi connectivity index (χ3n) is 2.73. The predicted octanol–water partition coefficient (Wildman–Crippen LogP) is 1.99. The Bertz CT molecular complexity index is 510. The van der Waals surface area contributed by atoms with Crippen molar-refractivity contribution in [3.05, 3.63) is 29.8 Å². The molecule has 108 valence electrons. The molecule has 2 amide bonds. The Kier molecular flexibility index (Phi) is 5.90. The molecule has 1 aromatic rings. The average Bonchev–Trinajstić information content (AvgIpc) is 2.38. The lowest BCUT2D eigenvalue weighted by molar-refractivity contribution is -0.124. The molecule has 0 heterocycles. The zero-order valence-electron chi connectivity index (χ0n) is 12.0. The SMILES string of the molecule is CC(=O)c1cccc(NC(=O)CCNC(=O)C(C)C)c1. The number of Topliss-reactive ketones (excluding diaryl/α,β-unsaturated/α-hetero) is 1. The summed E-state index contributed by atoms with van der Waals surface area (Å²) in [5.74, 6) is -0.415. The third kappa shape index (κ3) is 5.22. The molecule has 5 nitrogen and oxygen atoms in total. The van der Waals surface area contributed by atoms with Crippen LogP contribution in [0.3, 0.4) is 0 Å². The van der Waals surface area contributed by atoms with Crippen molar-refractivity contribution in [2.24, 2.45) is 5.92 Å². The fraction of sp³-hybridized carbons (Fsp3) is 0.400. The molecule has 0 fully saturated rings. The first-order chi connectivity index (χ1) is 9.40. The summed E-state index contributed by atoms with van der Waals surface area (Å²) in [5.41, 5.74) is 1.13. The van der Waals surface area contributed by atoms with E-state index in [4.69, 9.17) is 0 Å². The van der Waals surface area contributed by atoms with Crippen LogP contribution in [0.1, 0.15) is 37.6 Å². The fourth-order valence-electron chi connectivity index (χ4n) is 1.54. The van der Waals surface area contributed by atoms with Gasteiger partial charge in [-0.3, -0.25) is 14.4 Å². The molecule has 20 heavy (non-hydrogen) atoms. The molecule has 0 unspecified atom stereocenters. The van der Waals surface area contributed by atoms with Gasteiger partial charge in [0.05, 0.1) is 0 Å². The second kappa shape index (κ2) is 7.43. The van der Waals surface area contributed by atoms with Gasteiger partial charge >= 0.3 is 0 Å². The Hall–Kier alpha value is -2.17. The van der Waals surface area contributed by atoms with Crippen LogP contribution >= 0.6 is 0 Å². The van der Waals surface area contributed by atoms with E-state index in [1.165, 1.54) is 6.92 Å². The minimum absolute atomic E-state index is 0.0507. The molecule has 1 aromatic carbocycles. The molecule has 0 aromatic heterocycles. The van der Waals surface area contributed by atoms with Crippen LogP contribution in [0.2, 0.25) is 0 Å². The highest BCUT2D eigenvalue weighted by Gasteiger charge is 2.08. The lowest BCUT2D eigenvalue weighted by Crippen LogP contribution is -2.30. The van der Waals surface area contributed by atoms with Crippen molar-refractivity contribution in [2.45, 2.75) is 27.2 Å². The van der Waals surface area contributed by atoms with Gasteiger partial charge < -0.3 is 10.6 Å². The highest BCUT2D eigenvalue weighted by atomic mass is 16.2. The van der Waals surface area contributed by atoms with Crippen LogP contribution in [0.4, 0.5) is 5.69 Å². The van der Waals surface area contributed by atoms with Gasteiger partial charge in [0, 0.05) is 30.1 Å². The van der Waals surface area contributed by atoms with E-state index in [2.05, 4.69) is 10.6 Å². The van der Waals surface area contributed by atoms with Gasteiger partial charge in [-0.05, 0) is 19.1 Å². The van der Waals surface area contributed by atoms with Crippen molar-refractivity contribution in [1.29, 1.82) is 0 Å². The van der Waals surface area contributed by atoms with Crippen LogP contribution in [-0.2, 0) is 9.59 Å². The number of anilines is 1. The summed E-state index contributed by atoms with van der Waals surface area (Å²) < 4.78 is 0. The quantitative estimate of drug-likeness (QED) is 0.780. The van der Waals surface area contributed by atoms with Gasteiger partial charge in [-0.25, -0.2) is 0 Å². The minimum Gasteiger partial charge on any atom is -0.355 e. The smallest absolute Gasteiger partial charge is 0.226 e. The molecule has 0 aliphatic heterocycles. The molecule has 0 radical (unpaired) electrons. The first-order valence-corrected chi connectivity index (χ1v) is 6.58. The lowest BCUT2D eigenvalue weighted by atomic mass is 10.1. The molecule has 0 saturated carbocycles. The molecule has 5 heteroatoms. The number of amides is 2. The number of hydrogen-bond acceptors (Lipinski definition) is 3. The molecule has 1 rings (SSSR count). The fourth-order valence-corrected chi connectivity index (χ4v) is 1.54. The van der Waals surface area contributed by atoms with Crippen molar-refractivity contribution in [3.8, 4) is 0 Å². The van der Waals surface area contributed by atoms with Crippen LogP contribution in [0.5, 0.6) is 0 Å². The highest BCUT2D eigenvalue weighted by Crippen LogP contribution is 2.11. The molecule has 2 N–H and O–H groups in total. The Morgan fingerprint density at radius 1 is 1.20 bits per heavy atom. The molecular formula is C15H20N2O3. The van der Waals surface area contributed by atoms with Gasteiger partial charge in [0.25, 0.3) is 0 Å². The summed E-state index contributed by atoms with van der Waals surface area (Å²) >= 11 is 0. The molecule has 0 aliphatic rings. The monoisotopic (exact) mass is 276 g/mol. The first-order valence-electron chi connectivity index (χ1n) is 6.58. The summed E-state index contributed by atoms with van der Waals surface area (Å²) in [6.07, 6.45) is 0.197. The van der Waals surface area contributed by atoms with Crippen LogP contribution < -0.4 is 10.6 Å². The van der Waals surface area contributed by atoms with Crippen molar-refractivity contribution >= 4 is 23.3 Å². The minimum atomic E-state index is -0.199. The van der Waals surface area contributed by atoms with Crippen molar-refractivity contribution in [3.63, 3.8) is 0 Å². The number of benzene rings is 1. The maximum Gasteiger partial charge on any atom is 0.226 e. The van der Waals surface area contributed by atoms with Crippen molar-refractivity contribution in [2.75, 3.05) is 11.9 Å². The second-order valence-electron chi connectivity index (χ2n) is 4.88. The maximum atomic E-state index is 11.7. The molecule has 0 aliphatic carbocycles. The number of nitrogens with one attached hydrogen (secondary N) is 2. The van der Waals surface area contributed by atoms with Gasteiger partial charge in [0.2, 0.25) is 11.8 Å². The third-order valence-corrected chi connectivity index (χ3v) is 2.73. The molecule has 0 spiro atoms. The summed E-state index contributed by atoms with van der Waals surface area (Å²) in [6, 6.07) is 6.76. The normalized spacial score (nSPS) is 10.2. The zero-order chi connectivity index (χ0) is 15.1. The van der Waals surface area contributed by atoms with Gasteiger partial charge in [-0.1, -0.05) is 26.0 Å². The van der Waals surface area contributed by atoms with E-state index in [1.54, 1.807) is 38.1 Å². The van der Waals surface area contributed by atoms with E-state index in [9.17, 15) is 14.4 Å². The lowest BCUT2D eigenvalue weighted by Gasteiger charge is -2.08. The number of rotatable bonds is 6. The Balaban J connectivity index is 2.45. The first kappa shape index (κ1) is 15.9. The largest absolute Gasteiger partial charge is 0.355 e. The molecular weight excluding hydrogens is 256 g/mol. The molecule has 0 saturated heterocycles. The average molecular weight is 276 g/mol. The van der Waals surface area contributed by atoms with Crippen LogP contribution in [0.25, 0.3) is 0 Å².